The normalized spacial score (nSPS) is 15.8. The van der Waals surface area contributed by atoms with Crippen LogP contribution in [0.2, 0.25) is 0 Å². The third-order valence-corrected chi connectivity index (χ3v) is 6.31. The predicted octanol–water partition coefficient (Wildman–Crippen LogP) is 3.03. The van der Waals surface area contributed by atoms with E-state index in [4.69, 9.17) is 4.42 Å². The highest BCUT2D eigenvalue weighted by Crippen LogP contribution is 2.34. The first-order chi connectivity index (χ1) is 12.9. The summed E-state index contributed by atoms with van der Waals surface area (Å²) in [6.45, 7) is 2.16. The summed E-state index contributed by atoms with van der Waals surface area (Å²) in [6.07, 6.45) is 7.09. The lowest BCUT2D eigenvalue weighted by molar-refractivity contribution is -0.126. The minimum Gasteiger partial charge on any atom is -0.468 e. The fraction of sp³-hybridized carbons (Fsp3) is 0.350. The third-order valence-electron chi connectivity index (χ3n) is 4.89. The summed E-state index contributed by atoms with van der Waals surface area (Å²) in [4.78, 5) is 14.2. The maximum absolute atomic E-state index is 12.3. The molecule has 1 aliphatic rings. The van der Waals surface area contributed by atoms with Crippen LogP contribution in [0.4, 0.5) is 0 Å². The van der Waals surface area contributed by atoms with Crippen LogP contribution in [0.5, 0.6) is 0 Å². The van der Waals surface area contributed by atoms with E-state index in [2.05, 4.69) is 11.6 Å². The molecule has 0 radical (unpaired) electrons. The van der Waals surface area contributed by atoms with Crippen molar-refractivity contribution in [2.45, 2.75) is 37.2 Å². The van der Waals surface area contributed by atoms with E-state index in [0.29, 0.717) is 11.7 Å². The van der Waals surface area contributed by atoms with Crippen molar-refractivity contribution in [2.75, 3.05) is 7.05 Å². The number of likely N-dealkylation sites (N-methyl/N-ethyl adjacent to an activating group) is 1. The molecule has 2 aromatic rings. The number of furan rings is 1. The van der Waals surface area contributed by atoms with Crippen LogP contribution in [0.25, 0.3) is 6.08 Å². The van der Waals surface area contributed by atoms with E-state index < -0.39 is 10.0 Å². The molecule has 6 nitrogen and oxygen atoms in total. The lowest BCUT2D eigenvalue weighted by atomic mass is 10.1. The molecule has 27 heavy (non-hydrogen) atoms. The number of hydrogen-bond acceptors (Lipinski definition) is 4. The standard InChI is InChI=1S/C20H24N2O4S/c1-15(17-8-9-17)22(2)20(23)12-7-16-5-10-19(11-6-16)27(24,25)21-14-18-4-3-13-26-18/h3-7,10-13,15,17,21H,8-9,14H2,1-2H3/b12-7+. The number of benzene rings is 1. The molecule has 1 saturated carbocycles. The molecule has 1 fully saturated rings. The lowest BCUT2D eigenvalue weighted by Gasteiger charge is -2.23. The number of sulfonamides is 1. The largest absolute Gasteiger partial charge is 0.468 e. The second kappa shape index (κ2) is 8.10. The monoisotopic (exact) mass is 388 g/mol. The molecule has 1 aromatic heterocycles. The Morgan fingerprint density at radius 1 is 1.30 bits per heavy atom. The Morgan fingerprint density at radius 2 is 2.00 bits per heavy atom. The first-order valence-corrected chi connectivity index (χ1v) is 10.4. The Bertz CT molecular complexity index is 898. The Balaban J connectivity index is 1.59. The number of hydrogen-bond donors (Lipinski definition) is 1. The van der Waals surface area contributed by atoms with Gasteiger partial charge < -0.3 is 9.32 Å². The van der Waals surface area contributed by atoms with Gasteiger partial charge in [-0.3, -0.25) is 4.79 Å². The van der Waals surface area contributed by atoms with Crippen molar-refractivity contribution < 1.29 is 17.6 Å². The van der Waals surface area contributed by atoms with Gasteiger partial charge in [-0.1, -0.05) is 12.1 Å². The van der Waals surface area contributed by atoms with Crippen LogP contribution in [0.3, 0.4) is 0 Å². The van der Waals surface area contributed by atoms with Crippen molar-refractivity contribution in [2.24, 2.45) is 5.92 Å². The summed E-state index contributed by atoms with van der Waals surface area (Å²) in [5, 5.41) is 0. The first-order valence-electron chi connectivity index (χ1n) is 8.94. The van der Waals surface area contributed by atoms with Crippen LogP contribution in [0.15, 0.2) is 58.1 Å². The van der Waals surface area contributed by atoms with Crippen molar-refractivity contribution in [1.82, 2.24) is 9.62 Å². The van der Waals surface area contributed by atoms with Crippen LogP contribution in [-0.2, 0) is 21.4 Å². The van der Waals surface area contributed by atoms with Crippen LogP contribution in [0, 0.1) is 5.92 Å². The highest BCUT2D eigenvalue weighted by Gasteiger charge is 2.31. The summed E-state index contributed by atoms with van der Waals surface area (Å²) >= 11 is 0. The van der Waals surface area contributed by atoms with E-state index in [1.54, 1.807) is 35.2 Å². The van der Waals surface area contributed by atoms with E-state index in [9.17, 15) is 13.2 Å². The maximum atomic E-state index is 12.3. The van der Waals surface area contributed by atoms with Gasteiger partial charge in [-0.15, -0.1) is 0 Å². The molecule has 7 heteroatoms. The van der Waals surface area contributed by atoms with Gasteiger partial charge in [0.05, 0.1) is 17.7 Å². The molecule has 1 unspecified atom stereocenters. The predicted molar refractivity (Wildman–Crippen MR) is 103 cm³/mol. The Kier molecular flexibility index (Phi) is 5.82. The van der Waals surface area contributed by atoms with Gasteiger partial charge in [0.2, 0.25) is 15.9 Å². The summed E-state index contributed by atoms with van der Waals surface area (Å²) in [5.74, 6) is 1.11. The lowest BCUT2D eigenvalue weighted by Crippen LogP contribution is -2.35. The fourth-order valence-corrected chi connectivity index (χ4v) is 3.79. The minimum atomic E-state index is -3.62. The molecular formula is C20H24N2O4S. The summed E-state index contributed by atoms with van der Waals surface area (Å²) < 4.78 is 32.2. The van der Waals surface area contributed by atoms with Crippen LogP contribution < -0.4 is 4.72 Å². The second-order valence-electron chi connectivity index (χ2n) is 6.83. The third kappa shape index (κ3) is 5.08. The number of rotatable bonds is 8. The van der Waals surface area contributed by atoms with Gasteiger partial charge in [0.15, 0.2) is 0 Å². The van der Waals surface area contributed by atoms with Crippen LogP contribution in [0.1, 0.15) is 31.1 Å². The Labute approximate surface area is 159 Å². The number of carbonyl (C=O) groups is 1. The van der Waals surface area contributed by atoms with Gasteiger partial charge in [0.1, 0.15) is 5.76 Å². The van der Waals surface area contributed by atoms with E-state index in [1.165, 1.54) is 37.3 Å². The molecule has 144 valence electrons. The van der Waals surface area contributed by atoms with Crippen molar-refractivity contribution in [3.8, 4) is 0 Å². The quantitative estimate of drug-likeness (QED) is 0.705. The average Bonchev–Trinajstić information content (AvgIpc) is 3.39. The zero-order chi connectivity index (χ0) is 19.4. The number of nitrogens with one attached hydrogen (secondary N) is 1. The molecule has 1 amide bonds. The van der Waals surface area contributed by atoms with E-state index in [0.717, 1.165) is 5.56 Å². The van der Waals surface area contributed by atoms with Gasteiger partial charge in [0.25, 0.3) is 0 Å². The van der Waals surface area contributed by atoms with Crippen molar-refractivity contribution in [1.29, 1.82) is 0 Å². The SMILES string of the molecule is CC(C1CC1)N(C)C(=O)/C=C/c1ccc(S(=O)(=O)NCc2ccco2)cc1. The van der Waals surface area contributed by atoms with Crippen molar-refractivity contribution in [3.05, 3.63) is 60.1 Å². The van der Waals surface area contributed by atoms with Gasteiger partial charge in [-0.05, 0) is 61.6 Å². The molecule has 0 spiro atoms. The van der Waals surface area contributed by atoms with Crippen LogP contribution in [-0.4, -0.2) is 32.3 Å². The first kappa shape index (κ1) is 19.4. The fourth-order valence-electron chi connectivity index (χ4n) is 2.80. The Morgan fingerprint density at radius 3 is 2.59 bits per heavy atom. The van der Waals surface area contributed by atoms with Crippen molar-refractivity contribution in [3.63, 3.8) is 0 Å². The molecule has 3 rings (SSSR count). The number of nitrogens with zero attached hydrogens (tertiary/aromatic N) is 1. The maximum Gasteiger partial charge on any atom is 0.246 e. The summed E-state index contributed by atoms with van der Waals surface area (Å²) in [6, 6.07) is 10.0. The summed E-state index contributed by atoms with van der Waals surface area (Å²) in [7, 11) is -1.81. The van der Waals surface area contributed by atoms with Gasteiger partial charge in [0, 0.05) is 19.2 Å². The van der Waals surface area contributed by atoms with E-state index in [-0.39, 0.29) is 23.4 Å². The second-order valence-corrected chi connectivity index (χ2v) is 8.60. The molecule has 1 aromatic carbocycles. The highest BCUT2D eigenvalue weighted by atomic mass is 32.2. The van der Waals surface area contributed by atoms with Gasteiger partial charge in [-0.25, -0.2) is 13.1 Å². The van der Waals surface area contributed by atoms with Gasteiger partial charge in [-0.2, -0.15) is 0 Å². The van der Waals surface area contributed by atoms with E-state index in [1.807, 2.05) is 7.05 Å². The molecule has 1 N–H and O–H groups in total. The topological polar surface area (TPSA) is 79.6 Å². The number of amides is 1. The molecule has 0 aliphatic heterocycles. The number of carbonyl (C=O) groups excluding carboxylic acids is 1. The molecule has 1 aliphatic carbocycles. The molecule has 0 saturated heterocycles. The Hall–Kier alpha value is -2.38. The smallest absolute Gasteiger partial charge is 0.246 e. The van der Waals surface area contributed by atoms with Crippen molar-refractivity contribution >= 4 is 22.0 Å². The minimum absolute atomic E-state index is 0.0498. The van der Waals surface area contributed by atoms with E-state index >= 15 is 0 Å². The molecular weight excluding hydrogens is 364 g/mol. The zero-order valence-corrected chi connectivity index (χ0v) is 16.3. The van der Waals surface area contributed by atoms with Crippen LogP contribution >= 0.6 is 0 Å². The van der Waals surface area contributed by atoms with Gasteiger partial charge >= 0.3 is 0 Å². The molecule has 0 bridgehead atoms. The molecule has 1 atom stereocenters. The summed E-state index contributed by atoms with van der Waals surface area (Å²) in [5.41, 5.74) is 0.765. The average molecular weight is 388 g/mol. The molecule has 1 heterocycles. The zero-order valence-electron chi connectivity index (χ0n) is 15.5. The highest BCUT2D eigenvalue weighted by molar-refractivity contribution is 7.89.